The molecule has 0 saturated carbocycles. The number of anilines is 1. The van der Waals surface area contributed by atoms with Crippen molar-refractivity contribution < 1.29 is 19.4 Å². The molecule has 1 aliphatic rings. The number of aromatic nitrogens is 1. The maximum absolute atomic E-state index is 10.7. The zero-order chi connectivity index (χ0) is 12.1. The van der Waals surface area contributed by atoms with Gasteiger partial charge in [-0.15, -0.1) is 0 Å². The number of nitrogens with zero attached hydrogens (tertiary/aromatic N) is 1. The molecule has 0 spiro atoms. The van der Waals surface area contributed by atoms with Crippen LogP contribution in [-0.2, 0) is 9.47 Å². The van der Waals surface area contributed by atoms with E-state index < -0.39 is 5.97 Å². The number of hydrogen-bond acceptors (Lipinski definition) is 5. The molecule has 17 heavy (non-hydrogen) atoms. The van der Waals surface area contributed by atoms with E-state index in [-0.39, 0.29) is 11.8 Å². The molecule has 2 rings (SSSR count). The molecule has 0 aromatic carbocycles. The molecule has 1 aromatic heterocycles. The third-order valence-corrected chi connectivity index (χ3v) is 2.36. The van der Waals surface area contributed by atoms with E-state index in [9.17, 15) is 4.79 Å². The summed E-state index contributed by atoms with van der Waals surface area (Å²) in [5.41, 5.74) is 0.0239. The summed E-state index contributed by atoms with van der Waals surface area (Å²) in [5.74, 6) is -0.509. The highest BCUT2D eigenvalue weighted by molar-refractivity contribution is 5.85. The molecule has 1 unspecified atom stereocenters. The van der Waals surface area contributed by atoms with E-state index in [1.807, 2.05) is 0 Å². The lowest BCUT2D eigenvalue weighted by Gasteiger charge is -2.23. The summed E-state index contributed by atoms with van der Waals surface area (Å²) in [6.45, 7) is 2.32. The van der Waals surface area contributed by atoms with Gasteiger partial charge in [0.05, 0.1) is 25.9 Å². The zero-order valence-electron chi connectivity index (χ0n) is 9.26. The van der Waals surface area contributed by atoms with E-state index in [0.717, 1.165) is 0 Å². The number of rotatable bonds is 4. The average Bonchev–Trinajstić information content (AvgIpc) is 2.38. The van der Waals surface area contributed by atoms with Gasteiger partial charge in [-0.05, 0) is 12.1 Å². The molecule has 0 bridgehead atoms. The number of nitrogens with one attached hydrogen (secondary N) is 1. The molecule has 2 heterocycles. The predicted molar refractivity (Wildman–Crippen MR) is 60.2 cm³/mol. The van der Waals surface area contributed by atoms with E-state index in [4.69, 9.17) is 14.6 Å². The van der Waals surface area contributed by atoms with Crippen LogP contribution in [0, 0.1) is 0 Å². The number of ether oxygens (including phenoxy) is 2. The molecule has 6 nitrogen and oxygen atoms in total. The van der Waals surface area contributed by atoms with E-state index >= 15 is 0 Å². The summed E-state index contributed by atoms with van der Waals surface area (Å²) in [6.07, 6.45) is -0.0148. The van der Waals surface area contributed by atoms with Crippen LogP contribution in [0.4, 0.5) is 5.82 Å². The van der Waals surface area contributed by atoms with Gasteiger partial charge in [-0.1, -0.05) is 6.07 Å². The molecule has 1 aliphatic heterocycles. The minimum atomic E-state index is -1.04. The normalized spacial score (nSPS) is 19.9. The van der Waals surface area contributed by atoms with Crippen LogP contribution in [0.3, 0.4) is 0 Å². The Morgan fingerprint density at radius 2 is 2.41 bits per heavy atom. The molecule has 0 radical (unpaired) electrons. The minimum absolute atomic E-state index is 0.0148. The molecule has 1 saturated heterocycles. The minimum Gasteiger partial charge on any atom is -0.477 e. The number of carboxylic acid groups (broad SMARTS) is 1. The second-order valence-corrected chi connectivity index (χ2v) is 3.66. The Bertz CT molecular complexity index is 391. The average molecular weight is 238 g/mol. The van der Waals surface area contributed by atoms with E-state index in [2.05, 4.69) is 10.3 Å². The van der Waals surface area contributed by atoms with Gasteiger partial charge in [-0.3, -0.25) is 0 Å². The van der Waals surface area contributed by atoms with E-state index in [1.54, 1.807) is 12.1 Å². The SMILES string of the molecule is O=C(O)c1cccc(NCC2COCCO2)n1. The van der Waals surface area contributed by atoms with Crippen LogP contribution < -0.4 is 5.32 Å². The van der Waals surface area contributed by atoms with Crippen LogP contribution in [-0.4, -0.2) is 48.5 Å². The highest BCUT2D eigenvalue weighted by Gasteiger charge is 2.14. The van der Waals surface area contributed by atoms with Crippen molar-refractivity contribution in [2.45, 2.75) is 6.10 Å². The number of carboxylic acids is 1. The lowest BCUT2D eigenvalue weighted by molar-refractivity contribution is -0.0819. The first-order valence-corrected chi connectivity index (χ1v) is 5.39. The maximum atomic E-state index is 10.7. The van der Waals surface area contributed by atoms with E-state index in [1.165, 1.54) is 6.07 Å². The Kier molecular flexibility index (Phi) is 3.89. The summed E-state index contributed by atoms with van der Waals surface area (Å²) in [7, 11) is 0. The summed E-state index contributed by atoms with van der Waals surface area (Å²) in [6, 6.07) is 4.82. The fourth-order valence-corrected chi connectivity index (χ4v) is 1.53. The molecule has 6 heteroatoms. The zero-order valence-corrected chi connectivity index (χ0v) is 9.26. The van der Waals surface area contributed by atoms with Crippen molar-refractivity contribution in [3.8, 4) is 0 Å². The van der Waals surface area contributed by atoms with Crippen molar-refractivity contribution >= 4 is 11.8 Å². The van der Waals surface area contributed by atoms with Gasteiger partial charge in [0.2, 0.25) is 0 Å². The first-order chi connectivity index (χ1) is 8.25. The third kappa shape index (κ3) is 3.40. The van der Waals surface area contributed by atoms with Gasteiger partial charge in [-0.2, -0.15) is 0 Å². The molecule has 2 N–H and O–H groups in total. The maximum Gasteiger partial charge on any atom is 0.354 e. The highest BCUT2D eigenvalue weighted by atomic mass is 16.6. The molecule has 92 valence electrons. The van der Waals surface area contributed by atoms with Crippen molar-refractivity contribution in [3.63, 3.8) is 0 Å². The summed E-state index contributed by atoms with van der Waals surface area (Å²) >= 11 is 0. The van der Waals surface area contributed by atoms with Crippen LogP contribution in [0.1, 0.15) is 10.5 Å². The second kappa shape index (κ2) is 5.60. The number of aromatic carboxylic acids is 1. The van der Waals surface area contributed by atoms with Crippen LogP contribution >= 0.6 is 0 Å². The fourth-order valence-electron chi connectivity index (χ4n) is 1.53. The van der Waals surface area contributed by atoms with Gasteiger partial charge in [0.25, 0.3) is 0 Å². The van der Waals surface area contributed by atoms with Crippen LogP contribution in [0.15, 0.2) is 18.2 Å². The summed E-state index contributed by atoms with van der Waals surface area (Å²) in [5, 5.41) is 11.8. The Hall–Kier alpha value is -1.66. The smallest absolute Gasteiger partial charge is 0.354 e. The summed E-state index contributed by atoms with van der Waals surface area (Å²) in [4.78, 5) is 14.7. The Labute approximate surface area is 98.6 Å². The number of carbonyl (C=O) groups is 1. The molecule has 0 amide bonds. The van der Waals surface area contributed by atoms with Gasteiger partial charge in [0, 0.05) is 6.54 Å². The number of pyridine rings is 1. The molecular formula is C11H14N2O4. The first-order valence-electron chi connectivity index (χ1n) is 5.39. The van der Waals surface area contributed by atoms with Crippen LogP contribution in [0.25, 0.3) is 0 Å². The molecule has 1 atom stereocenters. The lowest BCUT2D eigenvalue weighted by atomic mass is 10.3. The second-order valence-electron chi connectivity index (χ2n) is 3.66. The van der Waals surface area contributed by atoms with Crippen molar-refractivity contribution in [1.82, 2.24) is 4.98 Å². The molecule has 1 aromatic rings. The Morgan fingerprint density at radius 3 is 3.12 bits per heavy atom. The standard InChI is InChI=1S/C11H14N2O4/c14-11(15)9-2-1-3-10(13-9)12-6-8-7-16-4-5-17-8/h1-3,8H,4-7H2,(H,12,13)(H,14,15). The van der Waals surface area contributed by atoms with Crippen molar-refractivity contribution in [1.29, 1.82) is 0 Å². The van der Waals surface area contributed by atoms with Crippen molar-refractivity contribution in [2.24, 2.45) is 0 Å². The Balaban J connectivity index is 1.89. The molecule has 0 aliphatic carbocycles. The summed E-state index contributed by atoms with van der Waals surface area (Å²) < 4.78 is 10.7. The van der Waals surface area contributed by atoms with Gasteiger partial charge < -0.3 is 19.9 Å². The lowest BCUT2D eigenvalue weighted by Crippen LogP contribution is -2.34. The highest BCUT2D eigenvalue weighted by Crippen LogP contribution is 2.07. The van der Waals surface area contributed by atoms with Gasteiger partial charge in [0.1, 0.15) is 5.82 Å². The van der Waals surface area contributed by atoms with Crippen molar-refractivity contribution in [2.75, 3.05) is 31.7 Å². The quantitative estimate of drug-likeness (QED) is 0.799. The van der Waals surface area contributed by atoms with Crippen molar-refractivity contribution in [3.05, 3.63) is 23.9 Å². The third-order valence-electron chi connectivity index (χ3n) is 2.36. The topological polar surface area (TPSA) is 80.7 Å². The van der Waals surface area contributed by atoms with E-state index in [0.29, 0.717) is 32.2 Å². The van der Waals surface area contributed by atoms with Gasteiger partial charge in [0.15, 0.2) is 5.69 Å². The predicted octanol–water partition coefficient (Wildman–Crippen LogP) is 0.607. The Morgan fingerprint density at radius 1 is 1.53 bits per heavy atom. The number of hydrogen-bond donors (Lipinski definition) is 2. The van der Waals surface area contributed by atoms with Gasteiger partial charge >= 0.3 is 5.97 Å². The fraction of sp³-hybridized carbons (Fsp3) is 0.455. The monoisotopic (exact) mass is 238 g/mol. The van der Waals surface area contributed by atoms with Gasteiger partial charge in [-0.25, -0.2) is 9.78 Å². The largest absolute Gasteiger partial charge is 0.477 e. The van der Waals surface area contributed by atoms with Crippen LogP contribution in [0.2, 0.25) is 0 Å². The molecular weight excluding hydrogens is 224 g/mol. The van der Waals surface area contributed by atoms with Crippen LogP contribution in [0.5, 0.6) is 0 Å². The molecule has 1 fully saturated rings. The first kappa shape index (κ1) is 11.8.